The van der Waals surface area contributed by atoms with Crippen LogP contribution in [0.1, 0.15) is 32.1 Å². The molecule has 2 atom stereocenters. The fraction of sp³-hybridized carbons (Fsp3) is 0.500. The maximum atomic E-state index is 11.9. The molecule has 1 aromatic carbocycles. The second-order valence-corrected chi connectivity index (χ2v) is 5.21. The third-order valence-electron chi connectivity index (χ3n) is 3.63. The van der Waals surface area contributed by atoms with E-state index in [9.17, 15) is 20.0 Å². The Balaban J connectivity index is 1.90. The van der Waals surface area contributed by atoms with Crippen LogP contribution in [0.15, 0.2) is 24.3 Å². The summed E-state index contributed by atoms with van der Waals surface area (Å²) in [6.07, 6.45) is 3.97. The molecule has 1 saturated carbocycles. The summed E-state index contributed by atoms with van der Waals surface area (Å²) in [4.78, 5) is 21.9. The Hall–Kier alpha value is -2.15. The quantitative estimate of drug-likeness (QED) is 0.452. The van der Waals surface area contributed by atoms with Crippen LogP contribution in [0.25, 0.3) is 0 Å². The minimum Gasteiger partial charge on any atom is -0.391 e. The van der Waals surface area contributed by atoms with Crippen LogP contribution in [0, 0.1) is 10.1 Å². The van der Waals surface area contributed by atoms with Crippen molar-refractivity contribution in [3.63, 3.8) is 0 Å². The minimum absolute atomic E-state index is 0.0276. The Kier molecular flexibility index (Phi) is 5.10. The highest BCUT2D eigenvalue weighted by Gasteiger charge is 2.23. The number of rotatable bonds is 3. The molecule has 0 heterocycles. The van der Waals surface area contributed by atoms with Crippen LogP contribution in [0.5, 0.6) is 0 Å². The first-order valence-electron chi connectivity index (χ1n) is 7.06. The smallest absolute Gasteiger partial charge is 0.319 e. The van der Waals surface area contributed by atoms with Gasteiger partial charge >= 0.3 is 6.03 Å². The van der Waals surface area contributed by atoms with Crippen LogP contribution in [0.4, 0.5) is 16.2 Å². The summed E-state index contributed by atoms with van der Waals surface area (Å²) in [5, 5.41) is 25.9. The molecule has 114 valence electrons. The molecule has 7 nitrogen and oxygen atoms in total. The van der Waals surface area contributed by atoms with Crippen LogP contribution in [0.2, 0.25) is 0 Å². The molecular weight excluding hydrogens is 274 g/mol. The van der Waals surface area contributed by atoms with E-state index in [0.29, 0.717) is 12.1 Å². The molecule has 1 aliphatic carbocycles. The van der Waals surface area contributed by atoms with E-state index < -0.39 is 17.1 Å². The summed E-state index contributed by atoms with van der Waals surface area (Å²) in [7, 11) is 0. The van der Waals surface area contributed by atoms with Gasteiger partial charge in [-0.15, -0.1) is 0 Å². The van der Waals surface area contributed by atoms with Crippen LogP contribution in [0.3, 0.4) is 0 Å². The van der Waals surface area contributed by atoms with Crippen molar-refractivity contribution in [1.82, 2.24) is 5.32 Å². The molecule has 0 saturated heterocycles. The van der Waals surface area contributed by atoms with E-state index in [4.69, 9.17) is 0 Å². The standard InChI is InChI=1S/C14H19N3O4/c18-13-5-3-1-2-4-12(13)16-14(19)15-10-6-8-11(9-7-10)17(20)21/h6-9,12-13,18H,1-5H2,(H2,15,16,19). The van der Waals surface area contributed by atoms with E-state index >= 15 is 0 Å². The van der Waals surface area contributed by atoms with Gasteiger partial charge in [0.2, 0.25) is 0 Å². The highest BCUT2D eigenvalue weighted by molar-refractivity contribution is 5.89. The third-order valence-corrected chi connectivity index (χ3v) is 3.63. The zero-order valence-corrected chi connectivity index (χ0v) is 11.6. The Labute approximate surface area is 122 Å². The SMILES string of the molecule is O=C(Nc1ccc([N+](=O)[O-])cc1)NC1CCCCCC1O. The van der Waals surface area contributed by atoms with Crippen LogP contribution < -0.4 is 10.6 Å². The molecule has 2 unspecified atom stereocenters. The van der Waals surface area contributed by atoms with Crippen LogP contribution >= 0.6 is 0 Å². The molecule has 3 N–H and O–H groups in total. The molecular formula is C14H19N3O4. The van der Waals surface area contributed by atoms with Crippen molar-refractivity contribution in [2.24, 2.45) is 0 Å². The topological polar surface area (TPSA) is 104 Å². The van der Waals surface area contributed by atoms with Crippen molar-refractivity contribution in [1.29, 1.82) is 0 Å². The fourth-order valence-electron chi connectivity index (χ4n) is 2.46. The number of urea groups is 1. The van der Waals surface area contributed by atoms with Gasteiger partial charge in [0.25, 0.3) is 5.69 Å². The molecule has 0 bridgehead atoms. The van der Waals surface area contributed by atoms with Gasteiger partial charge < -0.3 is 15.7 Å². The number of hydrogen-bond acceptors (Lipinski definition) is 4. The molecule has 7 heteroatoms. The second-order valence-electron chi connectivity index (χ2n) is 5.21. The van der Waals surface area contributed by atoms with Crippen molar-refractivity contribution in [2.45, 2.75) is 44.2 Å². The number of aliphatic hydroxyl groups excluding tert-OH is 1. The molecule has 0 aromatic heterocycles. The number of nitro groups is 1. The molecule has 0 radical (unpaired) electrons. The number of nitro benzene ring substituents is 1. The molecule has 2 rings (SSSR count). The van der Waals surface area contributed by atoms with Gasteiger partial charge in [0.05, 0.1) is 17.1 Å². The Morgan fingerprint density at radius 3 is 2.52 bits per heavy atom. The van der Waals surface area contributed by atoms with Gasteiger partial charge in [-0.25, -0.2) is 4.79 Å². The van der Waals surface area contributed by atoms with E-state index in [1.54, 1.807) is 0 Å². The lowest BCUT2D eigenvalue weighted by Crippen LogP contribution is -2.44. The molecule has 0 spiro atoms. The van der Waals surface area contributed by atoms with E-state index in [0.717, 1.165) is 25.7 Å². The number of nitrogens with one attached hydrogen (secondary N) is 2. The largest absolute Gasteiger partial charge is 0.391 e. The zero-order valence-electron chi connectivity index (χ0n) is 11.6. The zero-order chi connectivity index (χ0) is 15.2. The average molecular weight is 293 g/mol. The maximum absolute atomic E-state index is 11.9. The van der Waals surface area contributed by atoms with Crippen LogP contribution in [-0.2, 0) is 0 Å². The molecule has 21 heavy (non-hydrogen) atoms. The van der Waals surface area contributed by atoms with Gasteiger partial charge in [-0.3, -0.25) is 10.1 Å². The monoisotopic (exact) mass is 293 g/mol. The predicted octanol–water partition coefficient (Wildman–Crippen LogP) is 2.41. The number of carbonyl (C=O) groups excluding carboxylic acids is 1. The highest BCUT2D eigenvalue weighted by Crippen LogP contribution is 2.19. The highest BCUT2D eigenvalue weighted by atomic mass is 16.6. The molecule has 1 fully saturated rings. The first kappa shape index (κ1) is 15.2. The van der Waals surface area contributed by atoms with Crippen molar-refractivity contribution >= 4 is 17.4 Å². The Morgan fingerprint density at radius 1 is 1.19 bits per heavy atom. The summed E-state index contributed by atoms with van der Waals surface area (Å²) in [6.45, 7) is 0. The average Bonchev–Trinajstić information content (AvgIpc) is 2.65. The minimum atomic E-state index is -0.518. The number of nitrogens with zero attached hydrogens (tertiary/aromatic N) is 1. The first-order valence-corrected chi connectivity index (χ1v) is 7.06. The van der Waals surface area contributed by atoms with Crippen molar-refractivity contribution in [2.75, 3.05) is 5.32 Å². The van der Waals surface area contributed by atoms with Crippen molar-refractivity contribution < 1.29 is 14.8 Å². The van der Waals surface area contributed by atoms with E-state index in [1.807, 2.05) is 0 Å². The summed E-state index contributed by atoms with van der Waals surface area (Å²) < 4.78 is 0. The number of hydrogen-bond donors (Lipinski definition) is 3. The van der Waals surface area contributed by atoms with E-state index in [2.05, 4.69) is 10.6 Å². The maximum Gasteiger partial charge on any atom is 0.319 e. The number of non-ortho nitro benzene ring substituents is 1. The lowest BCUT2D eigenvalue weighted by atomic mass is 10.1. The fourth-order valence-corrected chi connectivity index (χ4v) is 2.46. The number of aliphatic hydroxyl groups is 1. The normalized spacial score (nSPS) is 22.1. The first-order chi connectivity index (χ1) is 10.1. The molecule has 0 aliphatic heterocycles. The van der Waals surface area contributed by atoms with Gasteiger partial charge in [-0.2, -0.15) is 0 Å². The predicted molar refractivity (Wildman–Crippen MR) is 78.1 cm³/mol. The number of anilines is 1. The molecule has 2 amide bonds. The molecule has 1 aliphatic rings. The van der Waals surface area contributed by atoms with Crippen molar-refractivity contribution in [3.8, 4) is 0 Å². The summed E-state index contributed by atoms with van der Waals surface area (Å²) in [5.74, 6) is 0. The van der Waals surface area contributed by atoms with Crippen LogP contribution in [-0.4, -0.2) is 28.2 Å². The molecule has 1 aromatic rings. The van der Waals surface area contributed by atoms with Gasteiger partial charge in [0, 0.05) is 17.8 Å². The summed E-state index contributed by atoms with van der Waals surface area (Å²) >= 11 is 0. The Morgan fingerprint density at radius 2 is 1.86 bits per heavy atom. The number of carbonyl (C=O) groups is 1. The third kappa shape index (κ3) is 4.42. The van der Waals surface area contributed by atoms with Crippen molar-refractivity contribution in [3.05, 3.63) is 34.4 Å². The van der Waals surface area contributed by atoms with Gasteiger partial charge in [-0.05, 0) is 25.0 Å². The van der Waals surface area contributed by atoms with Gasteiger partial charge in [-0.1, -0.05) is 19.3 Å². The lowest BCUT2D eigenvalue weighted by molar-refractivity contribution is -0.384. The number of benzene rings is 1. The summed E-state index contributed by atoms with van der Waals surface area (Å²) in [6, 6.07) is 4.95. The number of amides is 2. The van der Waals surface area contributed by atoms with E-state index in [-0.39, 0.29) is 11.7 Å². The second kappa shape index (κ2) is 7.03. The van der Waals surface area contributed by atoms with Gasteiger partial charge in [0.15, 0.2) is 0 Å². The lowest BCUT2D eigenvalue weighted by Gasteiger charge is -2.21. The summed E-state index contributed by atoms with van der Waals surface area (Å²) in [5.41, 5.74) is 0.446. The van der Waals surface area contributed by atoms with Gasteiger partial charge in [0.1, 0.15) is 0 Å². The van der Waals surface area contributed by atoms with E-state index in [1.165, 1.54) is 24.3 Å². The Bertz CT molecular complexity index is 503.